The van der Waals surface area contributed by atoms with Gasteiger partial charge in [0.2, 0.25) is 6.79 Å². The fourth-order valence-corrected chi connectivity index (χ4v) is 2.04. The third-order valence-electron chi connectivity index (χ3n) is 3.30. The molecule has 3 nitrogen and oxygen atoms in total. The minimum absolute atomic E-state index is 0.0197. The first kappa shape index (κ1) is 9.04. The molecule has 3 heteroatoms. The van der Waals surface area contributed by atoms with Crippen LogP contribution in [0, 0.1) is 6.92 Å². The molecule has 1 aromatic rings. The summed E-state index contributed by atoms with van der Waals surface area (Å²) in [7, 11) is 0. The Morgan fingerprint density at radius 3 is 2.87 bits per heavy atom. The molecule has 1 heterocycles. The third-order valence-corrected chi connectivity index (χ3v) is 3.30. The Morgan fingerprint density at radius 2 is 2.13 bits per heavy atom. The zero-order valence-corrected chi connectivity index (χ0v) is 8.88. The van der Waals surface area contributed by atoms with Crippen molar-refractivity contribution in [3.8, 4) is 11.5 Å². The summed E-state index contributed by atoms with van der Waals surface area (Å²) in [6, 6.07) is 4.05. The summed E-state index contributed by atoms with van der Waals surface area (Å²) in [6.45, 7) is 2.44. The summed E-state index contributed by atoms with van der Waals surface area (Å²) in [6.07, 6.45) is 3.15. The van der Waals surface area contributed by atoms with Gasteiger partial charge < -0.3 is 15.2 Å². The van der Waals surface area contributed by atoms with E-state index in [9.17, 15) is 0 Å². The van der Waals surface area contributed by atoms with Gasteiger partial charge in [0, 0.05) is 11.1 Å². The minimum atomic E-state index is 0.0197. The maximum absolute atomic E-state index is 6.15. The number of ether oxygens (including phenoxy) is 2. The van der Waals surface area contributed by atoms with Crippen molar-refractivity contribution in [2.45, 2.75) is 31.7 Å². The van der Waals surface area contributed by atoms with Crippen LogP contribution >= 0.6 is 0 Å². The molecule has 1 fully saturated rings. The van der Waals surface area contributed by atoms with Crippen molar-refractivity contribution in [1.29, 1.82) is 0 Å². The number of hydrogen-bond acceptors (Lipinski definition) is 3. The van der Waals surface area contributed by atoms with Crippen LogP contribution in [0.2, 0.25) is 0 Å². The van der Waals surface area contributed by atoms with E-state index in [4.69, 9.17) is 15.2 Å². The van der Waals surface area contributed by atoms with E-state index in [0.717, 1.165) is 30.8 Å². The topological polar surface area (TPSA) is 44.5 Å². The van der Waals surface area contributed by atoms with Crippen molar-refractivity contribution in [2.24, 2.45) is 5.73 Å². The molecule has 0 amide bonds. The maximum atomic E-state index is 6.15. The molecule has 0 unspecified atom stereocenters. The number of fused-ring (bicyclic) bond motifs is 1. The number of rotatable bonds is 2. The number of nitrogens with two attached hydrogens (primary N) is 1. The van der Waals surface area contributed by atoms with E-state index in [1.807, 2.05) is 6.07 Å². The molecule has 1 saturated carbocycles. The predicted molar refractivity (Wildman–Crippen MR) is 57.2 cm³/mol. The standard InChI is InChI=1S/C12H15NO2/c1-8-2-3-10-11(15-7-14-10)9(8)6-12(13)4-5-12/h2-3H,4-7,13H2,1H3. The molecule has 15 heavy (non-hydrogen) atoms. The van der Waals surface area contributed by atoms with Crippen molar-refractivity contribution in [3.05, 3.63) is 23.3 Å². The molecular weight excluding hydrogens is 190 g/mol. The lowest BCUT2D eigenvalue weighted by atomic mass is 9.98. The van der Waals surface area contributed by atoms with Crippen LogP contribution in [0.15, 0.2) is 12.1 Å². The van der Waals surface area contributed by atoms with Gasteiger partial charge in [-0.1, -0.05) is 6.07 Å². The summed E-state index contributed by atoms with van der Waals surface area (Å²) >= 11 is 0. The number of benzene rings is 1. The van der Waals surface area contributed by atoms with Crippen LogP contribution in [0.25, 0.3) is 0 Å². The van der Waals surface area contributed by atoms with Gasteiger partial charge in [-0.3, -0.25) is 0 Å². The maximum Gasteiger partial charge on any atom is 0.231 e. The highest BCUT2D eigenvalue weighted by Gasteiger charge is 2.39. The normalized spacial score (nSPS) is 20.4. The van der Waals surface area contributed by atoms with Crippen molar-refractivity contribution in [1.82, 2.24) is 0 Å². The van der Waals surface area contributed by atoms with E-state index >= 15 is 0 Å². The Labute approximate surface area is 89.2 Å². The second kappa shape index (κ2) is 2.89. The monoisotopic (exact) mass is 205 g/mol. The summed E-state index contributed by atoms with van der Waals surface area (Å²) in [4.78, 5) is 0. The highest BCUT2D eigenvalue weighted by atomic mass is 16.7. The van der Waals surface area contributed by atoms with Gasteiger partial charge in [-0.2, -0.15) is 0 Å². The lowest BCUT2D eigenvalue weighted by Gasteiger charge is -2.13. The van der Waals surface area contributed by atoms with E-state index in [-0.39, 0.29) is 5.54 Å². The number of hydrogen-bond donors (Lipinski definition) is 1. The molecule has 2 aliphatic rings. The summed E-state index contributed by atoms with van der Waals surface area (Å²) in [5, 5.41) is 0. The van der Waals surface area contributed by atoms with Gasteiger partial charge in [0.1, 0.15) is 0 Å². The molecule has 2 N–H and O–H groups in total. The average Bonchev–Trinajstić information content (AvgIpc) is 2.78. The molecule has 1 aromatic carbocycles. The van der Waals surface area contributed by atoms with E-state index in [1.54, 1.807) is 0 Å². The van der Waals surface area contributed by atoms with Gasteiger partial charge in [0.05, 0.1) is 0 Å². The fourth-order valence-electron chi connectivity index (χ4n) is 2.04. The molecule has 1 aliphatic carbocycles. The third kappa shape index (κ3) is 1.47. The van der Waals surface area contributed by atoms with E-state index < -0.39 is 0 Å². The average molecular weight is 205 g/mol. The van der Waals surface area contributed by atoms with Gasteiger partial charge >= 0.3 is 0 Å². The number of aryl methyl sites for hydroxylation is 1. The molecule has 0 radical (unpaired) electrons. The molecule has 3 rings (SSSR count). The molecule has 0 saturated heterocycles. The lowest BCUT2D eigenvalue weighted by molar-refractivity contribution is 0.173. The fraction of sp³-hybridized carbons (Fsp3) is 0.500. The molecule has 0 bridgehead atoms. The zero-order chi connectivity index (χ0) is 10.5. The Bertz CT molecular complexity index is 410. The highest BCUT2D eigenvalue weighted by Crippen LogP contribution is 2.43. The van der Waals surface area contributed by atoms with Crippen LogP contribution in [-0.2, 0) is 6.42 Å². The smallest absolute Gasteiger partial charge is 0.231 e. The van der Waals surface area contributed by atoms with Crippen molar-refractivity contribution in [3.63, 3.8) is 0 Å². The minimum Gasteiger partial charge on any atom is -0.454 e. The van der Waals surface area contributed by atoms with Crippen LogP contribution in [-0.4, -0.2) is 12.3 Å². The van der Waals surface area contributed by atoms with Gasteiger partial charge in [0.15, 0.2) is 11.5 Å². The van der Waals surface area contributed by atoms with Crippen molar-refractivity contribution < 1.29 is 9.47 Å². The van der Waals surface area contributed by atoms with E-state index in [0.29, 0.717) is 6.79 Å². The van der Waals surface area contributed by atoms with Gasteiger partial charge in [-0.05, 0) is 37.8 Å². The largest absolute Gasteiger partial charge is 0.454 e. The summed E-state index contributed by atoms with van der Waals surface area (Å²) in [5.74, 6) is 1.77. The van der Waals surface area contributed by atoms with Gasteiger partial charge in [-0.15, -0.1) is 0 Å². The Kier molecular flexibility index (Phi) is 1.74. The molecule has 0 atom stereocenters. The lowest BCUT2D eigenvalue weighted by Crippen LogP contribution is -2.25. The van der Waals surface area contributed by atoms with Crippen LogP contribution in [0.4, 0.5) is 0 Å². The molecule has 0 aromatic heterocycles. The quantitative estimate of drug-likeness (QED) is 0.800. The molecule has 0 spiro atoms. The van der Waals surface area contributed by atoms with Crippen LogP contribution in [0.3, 0.4) is 0 Å². The Hall–Kier alpha value is -1.22. The van der Waals surface area contributed by atoms with Crippen molar-refractivity contribution in [2.75, 3.05) is 6.79 Å². The molecule has 80 valence electrons. The van der Waals surface area contributed by atoms with Crippen molar-refractivity contribution >= 4 is 0 Å². The Morgan fingerprint density at radius 1 is 1.33 bits per heavy atom. The summed E-state index contributed by atoms with van der Waals surface area (Å²) in [5.41, 5.74) is 8.64. The van der Waals surface area contributed by atoms with Crippen LogP contribution < -0.4 is 15.2 Å². The van der Waals surface area contributed by atoms with Gasteiger partial charge in [0.25, 0.3) is 0 Å². The second-order valence-electron chi connectivity index (χ2n) is 4.63. The van der Waals surface area contributed by atoms with E-state index in [1.165, 1.54) is 11.1 Å². The molecular formula is C12H15NO2. The summed E-state index contributed by atoms with van der Waals surface area (Å²) < 4.78 is 10.9. The van der Waals surface area contributed by atoms with E-state index in [2.05, 4.69) is 13.0 Å². The van der Waals surface area contributed by atoms with Crippen LogP contribution in [0.5, 0.6) is 11.5 Å². The first-order valence-electron chi connectivity index (χ1n) is 5.35. The molecule has 1 aliphatic heterocycles. The Balaban J connectivity index is 2.01. The van der Waals surface area contributed by atoms with Gasteiger partial charge in [-0.25, -0.2) is 0 Å². The highest BCUT2D eigenvalue weighted by molar-refractivity contribution is 5.52. The van der Waals surface area contributed by atoms with Crippen LogP contribution in [0.1, 0.15) is 24.0 Å². The second-order valence-corrected chi connectivity index (χ2v) is 4.63. The first-order chi connectivity index (χ1) is 7.18. The first-order valence-corrected chi connectivity index (χ1v) is 5.35. The zero-order valence-electron chi connectivity index (χ0n) is 8.88. The predicted octanol–water partition coefficient (Wildman–Crippen LogP) is 1.76. The SMILES string of the molecule is Cc1ccc2c(c1CC1(N)CC1)OCO2.